The molecular formula is C13H18ClNO3S. The number of hydrogen-bond acceptors (Lipinski definition) is 4. The van der Waals surface area contributed by atoms with Crippen molar-refractivity contribution >= 4 is 19.7 Å². The van der Waals surface area contributed by atoms with Crippen LogP contribution in [0.4, 0.5) is 0 Å². The molecule has 0 bridgehead atoms. The van der Waals surface area contributed by atoms with Gasteiger partial charge in [0.1, 0.15) is 0 Å². The maximum Gasteiger partial charge on any atom is 0.236 e. The van der Waals surface area contributed by atoms with Crippen molar-refractivity contribution in [2.75, 3.05) is 32.8 Å². The van der Waals surface area contributed by atoms with Crippen molar-refractivity contribution in [1.82, 2.24) is 4.90 Å². The highest BCUT2D eigenvalue weighted by Crippen LogP contribution is 2.12. The van der Waals surface area contributed by atoms with Gasteiger partial charge in [-0.15, -0.1) is 0 Å². The van der Waals surface area contributed by atoms with Crippen molar-refractivity contribution in [3.05, 3.63) is 35.4 Å². The van der Waals surface area contributed by atoms with Gasteiger partial charge in [-0.25, -0.2) is 8.42 Å². The van der Waals surface area contributed by atoms with Crippen LogP contribution in [0.2, 0.25) is 0 Å². The Balaban J connectivity index is 1.84. The van der Waals surface area contributed by atoms with Crippen LogP contribution in [0.15, 0.2) is 24.3 Å². The first-order chi connectivity index (χ1) is 9.03. The van der Waals surface area contributed by atoms with Crippen LogP contribution < -0.4 is 0 Å². The summed E-state index contributed by atoms with van der Waals surface area (Å²) < 4.78 is 27.2. The van der Waals surface area contributed by atoms with E-state index in [0.29, 0.717) is 0 Å². The second-order valence-corrected chi connectivity index (χ2v) is 7.48. The predicted molar refractivity (Wildman–Crippen MR) is 75.9 cm³/mol. The van der Waals surface area contributed by atoms with Crippen LogP contribution in [0.5, 0.6) is 0 Å². The van der Waals surface area contributed by atoms with Gasteiger partial charge in [0.05, 0.1) is 19.0 Å². The summed E-state index contributed by atoms with van der Waals surface area (Å²) in [7, 11) is 1.75. The average Bonchev–Trinajstić information content (AvgIpc) is 2.37. The Labute approximate surface area is 118 Å². The number of halogens is 1. The number of benzene rings is 1. The number of nitrogens with zero attached hydrogens (tertiary/aromatic N) is 1. The van der Waals surface area contributed by atoms with Gasteiger partial charge in [0.15, 0.2) is 0 Å². The minimum atomic E-state index is -3.47. The van der Waals surface area contributed by atoms with Crippen molar-refractivity contribution in [2.45, 2.75) is 12.2 Å². The molecule has 0 amide bonds. The number of morpholine rings is 1. The van der Waals surface area contributed by atoms with Gasteiger partial charge in [0.25, 0.3) is 0 Å². The highest BCUT2D eigenvalue weighted by atomic mass is 35.7. The summed E-state index contributed by atoms with van der Waals surface area (Å²) >= 11 is 0. The fourth-order valence-electron chi connectivity index (χ4n) is 2.11. The van der Waals surface area contributed by atoms with Gasteiger partial charge >= 0.3 is 0 Å². The van der Waals surface area contributed by atoms with Gasteiger partial charge in [0.2, 0.25) is 9.05 Å². The van der Waals surface area contributed by atoms with E-state index in [1.807, 2.05) is 24.3 Å². The molecule has 4 nitrogen and oxygen atoms in total. The largest absolute Gasteiger partial charge is 0.379 e. The standard InChI is InChI=1S/C13H18ClNO3S/c14-19(16,17)11-13-3-1-12(2-4-13)5-6-15-7-9-18-10-8-15/h1-4H,5-11H2. The summed E-state index contributed by atoms with van der Waals surface area (Å²) in [6.45, 7) is 4.61. The summed E-state index contributed by atoms with van der Waals surface area (Å²) in [5.41, 5.74) is 1.94. The van der Waals surface area contributed by atoms with Crippen LogP contribution in [0, 0.1) is 0 Å². The lowest BCUT2D eigenvalue weighted by molar-refractivity contribution is 0.0384. The highest BCUT2D eigenvalue weighted by molar-refractivity contribution is 8.13. The third-order valence-corrected chi connectivity index (χ3v) is 4.19. The molecule has 106 valence electrons. The van der Waals surface area contributed by atoms with E-state index in [1.54, 1.807) is 0 Å². The molecule has 0 N–H and O–H groups in total. The summed E-state index contributed by atoms with van der Waals surface area (Å²) in [4.78, 5) is 2.38. The zero-order chi connectivity index (χ0) is 13.7. The van der Waals surface area contributed by atoms with Gasteiger partial charge in [-0.3, -0.25) is 4.90 Å². The van der Waals surface area contributed by atoms with E-state index in [4.69, 9.17) is 15.4 Å². The Morgan fingerprint density at radius 2 is 1.68 bits per heavy atom. The molecule has 1 fully saturated rings. The summed E-state index contributed by atoms with van der Waals surface area (Å²) in [5, 5.41) is 0. The van der Waals surface area contributed by atoms with E-state index in [-0.39, 0.29) is 5.75 Å². The molecule has 1 aromatic rings. The SMILES string of the molecule is O=S(=O)(Cl)Cc1ccc(CCN2CCOCC2)cc1. The Morgan fingerprint density at radius 3 is 2.26 bits per heavy atom. The van der Waals surface area contributed by atoms with E-state index in [1.165, 1.54) is 5.56 Å². The lowest BCUT2D eigenvalue weighted by atomic mass is 10.1. The van der Waals surface area contributed by atoms with Crippen LogP contribution in [0.1, 0.15) is 11.1 Å². The Bertz CT molecular complexity index is 495. The van der Waals surface area contributed by atoms with Gasteiger partial charge in [0, 0.05) is 30.3 Å². The molecule has 1 aliphatic rings. The normalized spacial score (nSPS) is 17.5. The lowest BCUT2D eigenvalue weighted by Gasteiger charge is -2.26. The molecule has 0 aromatic heterocycles. The zero-order valence-electron chi connectivity index (χ0n) is 10.7. The van der Waals surface area contributed by atoms with Crippen LogP contribution >= 0.6 is 10.7 Å². The van der Waals surface area contributed by atoms with Crippen LogP contribution in [-0.2, 0) is 26.0 Å². The molecule has 0 atom stereocenters. The zero-order valence-corrected chi connectivity index (χ0v) is 12.3. The van der Waals surface area contributed by atoms with Crippen molar-refractivity contribution < 1.29 is 13.2 Å². The molecule has 0 spiro atoms. The molecule has 1 saturated heterocycles. The molecule has 2 rings (SSSR count). The Hall–Kier alpha value is -0.620. The molecule has 1 aromatic carbocycles. The average molecular weight is 304 g/mol. The van der Waals surface area contributed by atoms with E-state index in [2.05, 4.69) is 4.90 Å². The minimum absolute atomic E-state index is 0.113. The Kier molecular flexibility index (Phi) is 5.21. The van der Waals surface area contributed by atoms with E-state index >= 15 is 0 Å². The first-order valence-electron chi connectivity index (χ1n) is 6.33. The summed E-state index contributed by atoms with van der Waals surface area (Å²) in [5.74, 6) is -0.113. The number of ether oxygens (including phenoxy) is 1. The second-order valence-electron chi connectivity index (χ2n) is 4.70. The van der Waals surface area contributed by atoms with E-state index < -0.39 is 9.05 Å². The van der Waals surface area contributed by atoms with Crippen LogP contribution in [0.25, 0.3) is 0 Å². The van der Waals surface area contributed by atoms with E-state index in [0.717, 1.165) is 44.8 Å². The number of hydrogen-bond donors (Lipinski definition) is 0. The summed E-state index contributed by atoms with van der Waals surface area (Å²) in [6, 6.07) is 7.60. The molecule has 0 saturated carbocycles. The fraction of sp³-hybridized carbons (Fsp3) is 0.538. The molecule has 19 heavy (non-hydrogen) atoms. The first kappa shape index (κ1) is 14.8. The molecule has 1 aliphatic heterocycles. The van der Waals surface area contributed by atoms with Gasteiger partial charge < -0.3 is 4.74 Å². The van der Waals surface area contributed by atoms with Crippen molar-refractivity contribution in [2.24, 2.45) is 0 Å². The first-order valence-corrected chi connectivity index (χ1v) is 8.81. The predicted octanol–water partition coefficient (Wildman–Crippen LogP) is 1.63. The maximum absolute atomic E-state index is 11.0. The third kappa shape index (κ3) is 5.48. The number of rotatable bonds is 5. The molecule has 0 radical (unpaired) electrons. The Morgan fingerprint density at radius 1 is 1.11 bits per heavy atom. The fourth-order valence-corrected chi connectivity index (χ4v) is 3.08. The van der Waals surface area contributed by atoms with Crippen molar-refractivity contribution in [3.63, 3.8) is 0 Å². The second kappa shape index (κ2) is 6.70. The molecule has 6 heteroatoms. The van der Waals surface area contributed by atoms with Crippen molar-refractivity contribution in [1.29, 1.82) is 0 Å². The van der Waals surface area contributed by atoms with E-state index in [9.17, 15) is 8.42 Å². The minimum Gasteiger partial charge on any atom is -0.379 e. The van der Waals surface area contributed by atoms with Crippen LogP contribution in [-0.4, -0.2) is 46.2 Å². The smallest absolute Gasteiger partial charge is 0.236 e. The molecule has 0 aliphatic carbocycles. The van der Waals surface area contributed by atoms with Gasteiger partial charge in [-0.1, -0.05) is 24.3 Å². The van der Waals surface area contributed by atoms with Gasteiger partial charge in [-0.2, -0.15) is 0 Å². The van der Waals surface area contributed by atoms with Crippen LogP contribution in [0.3, 0.4) is 0 Å². The van der Waals surface area contributed by atoms with Gasteiger partial charge in [-0.05, 0) is 17.5 Å². The topological polar surface area (TPSA) is 46.6 Å². The lowest BCUT2D eigenvalue weighted by Crippen LogP contribution is -2.37. The maximum atomic E-state index is 11.0. The van der Waals surface area contributed by atoms with Crippen molar-refractivity contribution in [3.8, 4) is 0 Å². The highest BCUT2D eigenvalue weighted by Gasteiger charge is 2.10. The quantitative estimate of drug-likeness (QED) is 0.776. The monoisotopic (exact) mass is 303 g/mol. The molecule has 1 heterocycles. The summed E-state index contributed by atoms with van der Waals surface area (Å²) in [6.07, 6.45) is 0.966. The molecule has 0 unspecified atom stereocenters. The molecular weight excluding hydrogens is 286 g/mol. The third-order valence-electron chi connectivity index (χ3n) is 3.18.